The Morgan fingerprint density at radius 1 is 1.04 bits per heavy atom. The normalized spacial score (nSPS) is 10.3. The first-order chi connectivity index (χ1) is 12.5. The maximum Gasteiger partial charge on any atom is 0.257 e. The molecule has 0 saturated heterocycles. The highest BCUT2D eigenvalue weighted by atomic mass is 35.5. The van der Waals surface area contributed by atoms with Gasteiger partial charge in [-0.05, 0) is 48.5 Å². The van der Waals surface area contributed by atoms with Crippen LogP contribution in [0, 0.1) is 5.82 Å². The Hall–Kier alpha value is -3.12. The van der Waals surface area contributed by atoms with Gasteiger partial charge in [-0.1, -0.05) is 11.6 Å². The summed E-state index contributed by atoms with van der Waals surface area (Å²) in [5.41, 5.74) is 2.20. The number of carbonyl (C=O) groups is 1. The van der Waals surface area contributed by atoms with E-state index >= 15 is 0 Å². The van der Waals surface area contributed by atoms with Gasteiger partial charge in [-0.3, -0.25) is 9.78 Å². The summed E-state index contributed by atoms with van der Waals surface area (Å²) in [7, 11) is 1.52. The summed E-state index contributed by atoms with van der Waals surface area (Å²) in [6.45, 7) is 0. The van der Waals surface area contributed by atoms with Crippen LogP contribution in [0.2, 0.25) is 5.02 Å². The van der Waals surface area contributed by atoms with Gasteiger partial charge in [0.15, 0.2) is 0 Å². The van der Waals surface area contributed by atoms with E-state index in [0.717, 1.165) is 0 Å². The minimum Gasteiger partial charge on any atom is -0.495 e. The van der Waals surface area contributed by atoms with Crippen molar-refractivity contribution < 1.29 is 13.9 Å². The molecule has 1 aromatic heterocycles. The number of hydrogen-bond acceptors (Lipinski definition) is 4. The fourth-order valence-electron chi connectivity index (χ4n) is 2.28. The van der Waals surface area contributed by atoms with Crippen LogP contribution in [0.3, 0.4) is 0 Å². The Balaban J connectivity index is 1.73. The molecule has 0 bridgehead atoms. The molecular weight excluding hydrogens is 357 g/mol. The first-order valence-electron chi connectivity index (χ1n) is 7.67. The van der Waals surface area contributed by atoms with Gasteiger partial charge in [0.25, 0.3) is 5.91 Å². The molecule has 0 unspecified atom stereocenters. The van der Waals surface area contributed by atoms with Crippen LogP contribution in [0.25, 0.3) is 0 Å². The number of rotatable bonds is 5. The number of amides is 1. The lowest BCUT2D eigenvalue weighted by atomic mass is 10.2. The highest BCUT2D eigenvalue weighted by molar-refractivity contribution is 6.32. The van der Waals surface area contributed by atoms with Crippen molar-refractivity contribution in [3.8, 4) is 5.75 Å². The molecule has 0 spiro atoms. The predicted molar refractivity (Wildman–Crippen MR) is 99.9 cm³/mol. The quantitative estimate of drug-likeness (QED) is 0.671. The van der Waals surface area contributed by atoms with Gasteiger partial charge in [0.2, 0.25) is 0 Å². The van der Waals surface area contributed by atoms with E-state index in [1.807, 2.05) is 0 Å². The average molecular weight is 372 g/mol. The Labute approximate surface area is 154 Å². The fraction of sp³-hybridized carbons (Fsp3) is 0.0526. The second kappa shape index (κ2) is 7.84. The van der Waals surface area contributed by atoms with E-state index < -0.39 is 0 Å². The molecule has 26 heavy (non-hydrogen) atoms. The molecule has 0 aliphatic heterocycles. The molecule has 5 nitrogen and oxygen atoms in total. The molecule has 3 aromatic rings. The second-order valence-electron chi connectivity index (χ2n) is 5.40. The smallest absolute Gasteiger partial charge is 0.257 e. The topological polar surface area (TPSA) is 63.2 Å². The number of nitrogens with zero attached hydrogens (tertiary/aromatic N) is 1. The average Bonchev–Trinajstić information content (AvgIpc) is 2.64. The number of pyridine rings is 1. The number of hydrogen-bond donors (Lipinski definition) is 2. The molecule has 2 aromatic carbocycles. The third kappa shape index (κ3) is 4.29. The van der Waals surface area contributed by atoms with E-state index in [2.05, 4.69) is 15.6 Å². The molecule has 0 aliphatic rings. The van der Waals surface area contributed by atoms with Crippen molar-refractivity contribution in [1.82, 2.24) is 4.98 Å². The zero-order valence-corrected chi connectivity index (χ0v) is 14.5. The molecule has 0 radical (unpaired) electrons. The van der Waals surface area contributed by atoms with Crippen LogP contribution in [0.1, 0.15) is 10.4 Å². The van der Waals surface area contributed by atoms with E-state index in [1.54, 1.807) is 42.6 Å². The van der Waals surface area contributed by atoms with E-state index in [9.17, 15) is 9.18 Å². The van der Waals surface area contributed by atoms with Crippen molar-refractivity contribution in [2.45, 2.75) is 0 Å². The maximum atomic E-state index is 13.0. The number of benzene rings is 2. The number of ether oxygens (including phenoxy) is 1. The van der Waals surface area contributed by atoms with Crippen molar-refractivity contribution >= 4 is 34.6 Å². The Morgan fingerprint density at radius 2 is 1.77 bits per heavy atom. The van der Waals surface area contributed by atoms with Crippen LogP contribution in [-0.4, -0.2) is 18.0 Å². The van der Waals surface area contributed by atoms with Crippen LogP contribution >= 0.6 is 11.6 Å². The van der Waals surface area contributed by atoms with Crippen LogP contribution < -0.4 is 15.4 Å². The lowest BCUT2D eigenvalue weighted by Gasteiger charge is -2.10. The Kier molecular flexibility index (Phi) is 5.34. The standard InChI is InChI=1S/C19H15ClFN3O2/c1-26-18-7-6-15(9-17(18)20)24-19(25)12-8-16(11-22-10-12)23-14-4-2-13(21)3-5-14/h2-11,23H,1H3,(H,24,25). The van der Waals surface area contributed by atoms with Crippen molar-refractivity contribution in [3.63, 3.8) is 0 Å². The molecule has 0 fully saturated rings. The molecule has 3 rings (SSSR count). The lowest BCUT2D eigenvalue weighted by Crippen LogP contribution is -2.12. The first-order valence-corrected chi connectivity index (χ1v) is 8.05. The summed E-state index contributed by atoms with van der Waals surface area (Å²) in [5, 5.41) is 6.22. The molecule has 1 heterocycles. The molecule has 0 atom stereocenters. The van der Waals surface area contributed by atoms with Crippen molar-refractivity contribution in [1.29, 1.82) is 0 Å². The Bertz CT molecular complexity index is 932. The molecule has 132 valence electrons. The molecule has 0 saturated carbocycles. The van der Waals surface area contributed by atoms with Crippen LogP contribution in [0.4, 0.5) is 21.5 Å². The van der Waals surface area contributed by atoms with Gasteiger partial charge >= 0.3 is 0 Å². The molecule has 0 aliphatic carbocycles. The number of halogens is 2. The van der Waals surface area contributed by atoms with Gasteiger partial charge in [-0.25, -0.2) is 4.39 Å². The van der Waals surface area contributed by atoms with Crippen LogP contribution in [0.15, 0.2) is 60.9 Å². The summed E-state index contributed by atoms with van der Waals surface area (Å²) >= 11 is 6.06. The molecule has 1 amide bonds. The molecule has 7 heteroatoms. The van der Waals surface area contributed by atoms with E-state index in [4.69, 9.17) is 16.3 Å². The van der Waals surface area contributed by atoms with Gasteiger partial charge in [-0.15, -0.1) is 0 Å². The number of nitrogens with one attached hydrogen (secondary N) is 2. The Morgan fingerprint density at radius 3 is 2.46 bits per heavy atom. The summed E-state index contributed by atoms with van der Waals surface area (Å²) in [5.74, 6) is -0.127. The number of anilines is 3. The van der Waals surface area contributed by atoms with E-state index in [0.29, 0.717) is 33.4 Å². The van der Waals surface area contributed by atoms with Crippen molar-refractivity contribution in [2.75, 3.05) is 17.7 Å². The van der Waals surface area contributed by atoms with Crippen LogP contribution in [-0.2, 0) is 0 Å². The lowest BCUT2D eigenvalue weighted by molar-refractivity contribution is 0.102. The fourth-order valence-corrected chi connectivity index (χ4v) is 2.54. The van der Waals surface area contributed by atoms with Crippen LogP contribution in [0.5, 0.6) is 5.75 Å². The first kappa shape index (κ1) is 17.7. The predicted octanol–water partition coefficient (Wildman–Crippen LogP) is 4.88. The zero-order valence-electron chi connectivity index (χ0n) is 13.8. The third-order valence-electron chi connectivity index (χ3n) is 3.54. The number of aromatic nitrogens is 1. The summed E-state index contributed by atoms with van der Waals surface area (Å²) in [6.07, 6.45) is 3.03. The second-order valence-corrected chi connectivity index (χ2v) is 5.80. The highest BCUT2D eigenvalue weighted by Crippen LogP contribution is 2.27. The maximum absolute atomic E-state index is 13.0. The minimum absolute atomic E-state index is 0.319. The molecule has 2 N–H and O–H groups in total. The van der Waals surface area contributed by atoms with Crippen molar-refractivity contribution in [3.05, 3.63) is 77.3 Å². The monoisotopic (exact) mass is 371 g/mol. The van der Waals surface area contributed by atoms with Gasteiger partial charge in [0.05, 0.1) is 29.6 Å². The summed E-state index contributed by atoms with van der Waals surface area (Å²) in [6, 6.07) is 12.5. The summed E-state index contributed by atoms with van der Waals surface area (Å²) in [4.78, 5) is 16.5. The number of methoxy groups -OCH3 is 1. The van der Waals surface area contributed by atoms with Gasteiger partial charge in [0.1, 0.15) is 11.6 Å². The highest BCUT2D eigenvalue weighted by Gasteiger charge is 2.09. The number of carbonyl (C=O) groups excluding carboxylic acids is 1. The van der Waals surface area contributed by atoms with Crippen molar-refractivity contribution in [2.24, 2.45) is 0 Å². The van der Waals surface area contributed by atoms with Gasteiger partial charge < -0.3 is 15.4 Å². The minimum atomic E-state index is -0.332. The van der Waals surface area contributed by atoms with Gasteiger partial charge in [-0.2, -0.15) is 0 Å². The largest absolute Gasteiger partial charge is 0.495 e. The van der Waals surface area contributed by atoms with E-state index in [1.165, 1.54) is 25.4 Å². The zero-order chi connectivity index (χ0) is 18.5. The SMILES string of the molecule is COc1ccc(NC(=O)c2cncc(Nc3ccc(F)cc3)c2)cc1Cl. The van der Waals surface area contributed by atoms with E-state index in [-0.39, 0.29) is 11.7 Å². The third-order valence-corrected chi connectivity index (χ3v) is 3.84. The van der Waals surface area contributed by atoms with Gasteiger partial charge in [0, 0.05) is 17.6 Å². The summed E-state index contributed by atoms with van der Waals surface area (Å²) < 4.78 is 18.1. The molecular formula is C19H15ClFN3O2.